The smallest absolute Gasteiger partial charge is 0.0542 e. The van der Waals surface area contributed by atoms with Crippen LogP contribution in [0.15, 0.2) is 60.9 Å². The van der Waals surface area contributed by atoms with E-state index in [9.17, 15) is 0 Å². The zero-order valence-electron chi connectivity index (χ0n) is 13.7. The van der Waals surface area contributed by atoms with Gasteiger partial charge in [0.15, 0.2) is 0 Å². The Bertz CT molecular complexity index is 887. The third-order valence-electron chi connectivity index (χ3n) is 5.09. The zero-order chi connectivity index (χ0) is 16.7. The number of rotatable bonds is 2. The second-order valence-electron chi connectivity index (χ2n) is 6.44. The van der Waals surface area contributed by atoms with Crippen LogP contribution in [-0.2, 0) is 0 Å². The van der Waals surface area contributed by atoms with E-state index in [0.29, 0.717) is 5.92 Å². The van der Waals surface area contributed by atoms with Gasteiger partial charge < -0.3 is 11.5 Å². The quantitative estimate of drug-likeness (QED) is 0.682. The Morgan fingerprint density at radius 3 is 2.50 bits per heavy atom. The van der Waals surface area contributed by atoms with Crippen molar-refractivity contribution in [3.63, 3.8) is 0 Å². The molecule has 3 heteroatoms. The van der Waals surface area contributed by atoms with Gasteiger partial charge in [0, 0.05) is 23.4 Å². The van der Waals surface area contributed by atoms with Crippen LogP contribution in [0.5, 0.6) is 0 Å². The molecular weight excluding hydrogens is 294 g/mol. The highest BCUT2D eigenvalue weighted by Gasteiger charge is 2.35. The van der Waals surface area contributed by atoms with Crippen molar-refractivity contribution in [2.75, 3.05) is 11.5 Å². The molecule has 0 spiro atoms. The van der Waals surface area contributed by atoms with Crippen LogP contribution < -0.4 is 11.5 Å². The Kier molecular flexibility index (Phi) is 3.49. The molecule has 1 heterocycles. The van der Waals surface area contributed by atoms with Crippen LogP contribution in [-0.4, -0.2) is 4.98 Å². The molecule has 3 nitrogen and oxygen atoms in total. The molecule has 120 valence electrons. The third-order valence-corrected chi connectivity index (χ3v) is 5.09. The van der Waals surface area contributed by atoms with Gasteiger partial charge in [-0.1, -0.05) is 43.3 Å². The summed E-state index contributed by atoms with van der Waals surface area (Å²) in [7, 11) is 0. The minimum atomic E-state index is 0.256. The monoisotopic (exact) mass is 315 g/mol. The normalized spacial score (nSPS) is 18.7. The molecule has 4 rings (SSSR count). The topological polar surface area (TPSA) is 64.9 Å². The fourth-order valence-corrected chi connectivity index (χ4v) is 4.09. The first-order valence-corrected chi connectivity index (χ1v) is 8.38. The lowest BCUT2D eigenvalue weighted by atomic mass is 9.68. The number of benzene rings is 2. The first-order valence-electron chi connectivity index (χ1n) is 8.38. The van der Waals surface area contributed by atoms with Gasteiger partial charge in [-0.2, -0.15) is 0 Å². The van der Waals surface area contributed by atoms with Gasteiger partial charge in [-0.05, 0) is 46.7 Å². The highest BCUT2D eigenvalue weighted by atomic mass is 14.7. The van der Waals surface area contributed by atoms with Crippen molar-refractivity contribution in [2.24, 2.45) is 0 Å². The van der Waals surface area contributed by atoms with Crippen molar-refractivity contribution in [3.05, 3.63) is 77.6 Å². The van der Waals surface area contributed by atoms with Gasteiger partial charge in [0.05, 0.1) is 11.9 Å². The average molecular weight is 315 g/mol. The Labute approximate surface area is 142 Å². The van der Waals surface area contributed by atoms with Gasteiger partial charge in [0.25, 0.3) is 0 Å². The highest BCUT2D eigenvalue weighted by Crippen LogP contribution is 2.52. The second-order valence-corrected chi connectivity index (χ2v) is 6.44. The first-order chi connectivity index (χ1) is 11.7. The Morgan fingerprint density at radius 2 is 1.75 bits per heavy atom. The lowest BCUT2D eigenvalue weighted by Crippen LogP contribution is -2.20. The molecule has 0 saturated heterocycles. The molecule has 0 aliphatic heterocycles. The molecule has 1 aromatic heterocycles. The van der Waals surface area contributed by atoms with Crippen LogP contribution in [0, 0.1) is 0 Å². The molecule has 1 aliphatic carbocycles. The fraction of sp³-hybridized carbons (Fsp3) is 0.190. The molecular formula is C21H21N3. The summed E-state index contributed by atoms with van der Waals surface area (Å²) in [6.45, 7) is 2.22. The summed E-state index contributed by atoms with van der Waals surface area (Å²) in [5, 5.41) is 0. The predicted molar refractivity (Wildman–Crippen MR) is 99.8 cm³/mol. The number of aromatic nitrogens is 1. The molecule has 3 aromatic rings. The van der Waals surface area contributed by atoms with Crippen molar-refractivity contribution in [3.8, 4) is 11.1 Å². The van der Waals surface area contributed by atoms with E-state index in [-0.39, 0.29) is 5.92 Å². The summed E-state index contributed by atoms with van der Waals surface area (Å²) >= 11 is 0. The largest absolute Gasteiger partial charge is 0.399 e. The SMILES string of the molecule is CCC1c2c(N)cncc2-c2ccc(N)cc2C1c1ccccc1. The van der Waals surface area contributed by atoms with Crippen LogP contribution in [0.4, 0.5) is 11.4 Å². The lowest BCUT2D eigenvalue weighted by Gasteiger charge is -2.36. The molecule has 4 N–H and O–H groups in total. The van der Waals surface area contributed by atoms with Crippen LogP contribution in [0.25, 0.3) is 11.1 Å². The number of nitrogens with zero attached hydrogens (tertiary/aromatic N) is 1. The van der Waals surface area contributed by atoms with Gasteiger partial charge in [-0.15, -0.1) is 0 Å². The summed E-state index contributed by atoms with van der Waals surface area (Å²) in [4.78, 5) is 4.33. The summed E-state index contributed by atoms with van der Waals surface area (Å²) in [5.41, 5.74) is 20.2. The zero-order valence-corrected chi connectivity index (χ0v) is 13.7. The predicted octanol–water partition coefficient (Wildman–Crippen LogP) is 4.55. The van der Waals surface area contributed by atoms with E-state index in [1.807, 2.05) is 12.3 Å². The number of anilines is 2. The summed E-state index contributed by atoms with van der Waals surface area (Å²) in [5.74, 6) is 0.576. The molecule has 2 atom stereocenters. The van der Waals surface area contributed by atoms with E-state index in [4.69, 9.17) is 11.5 Å². The van der Waals surface area contributed by atoms with E-state index in [2.05, 4.69) is 54.4 Å². The van der Waals surface area contributed by atoms with Gasteiger partial charge in [0.2, 0.25) is 0 Å². The molecule has 0 radical (unpaired) electrons. The van der Waals surface area contributed by atoms with Crippen LogP contribution in [0.2, 0.25) is 0 Å². The van der Waals surface area contributed by atoms with Crippen LogP contribution >= 0.6 is 0 Å². The fourth-order valence-electron chi connectivity index (χ4n) is 4.09. The average Bonchev–Trinajstić information content (AvgIpc) is 2.61. The minimum absolute atomic E-state index is 0.256. The minimum Gasteiger partial charge on any atom is -0.399 e. The van der Waals surface area contributed by atoms with E-state index >= 15 is 0 Å². The van der Waals surface area contributed by atoms with E-state index < -0.39 is 0 Å². The summed E-state index contributed by atoms with van der Waals surface area (Å²) < 4.78 is 0. The number of hydrogen-bond acceptors (Lipinski definition) is 3. The molecule has 0 amide bonds. The maximum atomic E-state index is 6.35. The molecule has 0 saturated carbocycles. The molecule has 24 heavy (non-hydrogen) atoms. The number of pyridine rings is 1. The molecule has 1 aliphatic rings. The van der Waals surface area contributed by atoms with E-state index in [1.54, 1.807) is 6.20 Å². The van der Waals surface area contributed by atoms with Gasteiger partial charge in [-0.3, -0.25) is 4.98 Å². The Morgan fingerprint density at radius 1 is 0.958 bits per heavy atom. The van der Waals surface area contributed by atoms with Crippen LogP contribution in [0.3, 0.4) is 0 Å². The van der Waals surface area contributed by atoms with E-state index in [0.717, 1.165) is 23.4 Å². The summed E-state index contributed by atoms with van der Waals surface area (Å²) in [6, 6.07) is 16.8. The van der Waals surface area contributed by atoms with Crippen molar-refractivity contribution in [1.82, 2.24) is 4.98 Å². The first kappa shape index (κ1) is 14.8. The van der Waals surface area contributed by atoms with Gasteiger partial charge >= 0.3 is 0 Å². The molecule has 2 aromatic carbocycles. The van der Waals surface area contributed by atoms with Gasteiger partial charge in [0.1, 0.15) is 0 Å². The Hall–Kier alpha value is -2.81. The van der Waals surface area contributed by atoms with Crippen molar-refractivity contribution in [2.45, 2.75) is 25.2 Å². The Balaban J connectivity index is 2.05. The molecule has 0 bridgehead atoms. The standard InChI is InChI=1S/C21H21N3/c1-2-15-20(13-6-4-3-5-7-13)17-10-14(22)8-9-16(17)18-11-24-12-19(23)21(15)18/h3-12,15,20H,2,22-23H2,1H3. The van der Waals surface area contributed by atoms with Crippen molar-refractivity contribution < 1.29 is 0 Å². The van der Waals surface area contributed by atoms with Crippen molar-refractivity contribution >= 4 is 11.4 Å². The van der Waals surface area contributed by atoms with Gasteiger partial charge in [-0.25, -0.2) is 0 Å². The van der Waals surface area contributed by atoms with Crippen LogP contribution in [0.1, 0.15) is 41.9 Å². The molecule has 2 unspecified atom stereocenters. The third kappa shape index (κ3) is 2.16. The highest BCUT2D eigenvalue weighted by molar-refractivity contribution is 5.81. The number of hydrogen-bond donors (Lipinski definition) is 2. The van der Waals surface area contributed by atoms with E-state index in [1.165, 1.54) is 22.3 Å². The lowest BCUT2D eigenvalue weighted by molar-refractivity contribution is 0.581. The second kappa shape index (κ2) is 5.68. The maximum Gasteiger partial charge on any atom is 0.0542 e. The number of nitrogen functional groups attached to an aromatic ring is 2. The number of nitrogens with two attached hydrogens (primary N) is 2. The summed E-state index contributed by atoms with van der Waals surface area (Å²) in [6.07, 6.45) is 4.71. The number of fused-ring (bicyclic) bond motifs is 3. The molecule has 0 fully saturated rings. The maximum absolute atomic E-state index is 6.35. The van der Waals surface area contributed by atoms with Crippen molar-refractivity contribution in [1.29, 1.82) is 0 Å².